The summed E-state index contributed by atoms with van der Waals surface area (Å²) in [7, 11) is 0. The number of aliphatic hydroxyl groups is 1. The number of aromatic nitrogens is 1. The molecule has 1 amide bonds. The van der Waals surface area contributed by atoms with E-state index in [1.807, 2.05) is 4.90 Å². The van der Waals surface area contributed by atoms with Crippen molar-refractivity contribution in [3.8, 4) is 0 Å². The maximum Gasteiger partial charge on any atom is 0.255 e. The van der Waals surface area contributed by atoms with Crippen molar-refractivity contribution >= 4 is 28.3 Å². The van der Waals surface area contributed by atoms with Crippen molar-refractivity contribution in [2.45, 2.75) is 19.4 Å². The average Bonchev–Trinajstić information content (AvgIpc) is 2.82. The van der Waals surface area contributed by atoms with Gasteiger partial charge in [0, 0.05) is 19.0 Å². The van der Waals surface area contributed by atoms with E-state index >= 15 is 0 Å². The quantitative estimate of drug-likeness (QED) is 0.707. The van der Waals surface area contributed by atoms with Crippen molar-refractivity contribution < 1.29 is 9.90 Å². The van der Waals surface area contributed by atoms with Crippen LogP contribution in [0.3, 0.4) is 0 Å². The van der Waals surface area contributed by atoms with Gasteiger partial charge in [0.25, 0.3) is 5.91 Å². The largest absolute Gasteiger partial charge is 0.393 e. The number of aliphatic hydroxyl groups excluding tert-OH is 1. The number of hydrogen-bond donors (Lipinski definition) is 3. The lowest BCUT2D eigenvalue weighted by Crippen LogP contribution is -2.25. The Morgan fingerprint density at radius 1 is 1.71 bits per heavy atom. The normalized spacial score (nSPS) is 21.8. The van der Waals surface area contributed by atoms with Crippen LogP contribution in [0.4, 0.5) is 10.8 Å². The lowest BCUT2D eigenvalue weighted by molar-refractivity contribution is 0.100. The van der Waals surface area contributed by atoms with Gasteiger partial charge in [-0.05, 0) is 24.9 Å². The van der Waals surface area contributed by atoms with Crippen LogP contribution in [-0.2, 0) is 0 Å². The van der Waals surface area contributed by atoms with Gasteiger partial charge in [0.15, 0.2) is 5.82 Å². The van der Waals surface area contributed by atoms with E-state index in [0.717, 1.165) is 18.0 Å². The molecule has 94 valence electrons. The van der Waals surface area contributed by atoms with Crippen LogP contribution in [0.1, 0.15) is 23.7 Å². The Kier molecular flexibility index (Phi) is 3.21. The highest BCUT2D eigenvalue weighted by Gasteiger charge is 2.30. The summed E-state index contributed by atoms with van der Waals surface area (Å²) in [5, 5.41) is 10.3. The standard InChI is InChI=1S/C10H16N4O2S/c1-5(15)6-2-3-14(4-6)10-7(9(12)16)8(11)13-17-10/h5-6,15H,2-4H2,1H3,(H2,11,13)(H2,12,16). The van der Waals surface area contributed by atoms with Crippen molar-refractivity contribution in [1.82, 2.24) is 4.37 Å². The van der Waals surface area contributed by atoms with Crippen molar-refractivity contribution in [3.63, 3.8) is 0 Å². The zero-order chi connectivity index (χ0) is 12.6. The summed E-state index contributed by atoms with van der Waals surface area (Å²) in [5.74, 6) is -0.135. The van der Waals surface area contributed by atoms with Crippen LogP contribution in [-0.4, -0.2) is 34.6 Å². The van der Waals surface area contributed by atoms with E-state index in [4.69, 9.17) is 11.5 Å². The Balaban J connectivity index is 2.22. The van der Waals surface area contributed by atoms with E-state index in [2.05, 4.69) is 4.37 Å². The number of amides is 1. The molecule has 0 bridgehead atoms. The van der Waals surface area contributed by atoms with Crippen molar-refractivity contribution in [1.29, 1.82) is 0 Å². The summed E-state index contributed by atoms with van der Waals surface area (Å²) >= 11 is 1.18. The Labute approximate surface area is 103 Å². The molecule has 0 aromatic carbocycles. The number of carbonyl (C=O) groups excluding carboxylic acids is 1. The molecule has 1 saturated heterocycles. The maximum absolute atomic E-state index is 11.3. The van der Waals surface area contributed by atoms with Gasteiger partial charge in [-0.2, -0.15) is 4.37 Å². The number of primary amides is 1. The van der Waals surface area contributed by atoms with Gasteiger partial charge in [0.1, 0.15) is 10.6 Å². The first-order valence-corrected chi connectivity index (χ1v) is 6.26. The third-order valence-electron chi connectivity index (χ3n) is 3.14. The molecule has 2 unspecified atom stereocenters. The molecule has 2 heterocycles. The van der Waals surface area contributed by atoms with Crippen molar-refractivity contribution in [2.24, 2.45) is 11.7 Å². The van der Waals surface area contributed by atoms with Crippen LogP contribution in [0.15, 0.2) is 0 Å². The third-order valence-corrected chi connectivity index (χ3v) is 4.06. The predicted molar refractivity (Wildman–Crippen MR) is 67.0 cm³/mol. The van der Waals surface area contributed by atoms with Crippen LogP contribution >= 0.6 is 11.5 Å². The number of hydrogen-bond acceptors (Lipinski definition) is 6. The molecular formula is C10H16N4O2S. The van der Waals surface area contributed by atoms with Crippen LogP contribution in [0.5, 0.6) is 0 Å². The third kappa shape index (κ3) is 2.20. The molecule has 5 N–H and O–H groups in total. The number of anilines is 2. The fourth-order valence-corrected chi connectivity index (χ4v) is 2.96. The minimum Gasteiger partial charge on any atom is -0.393 e. The van der Waals surface area contributed by atoms with Gasteiger partial charge < -0.3 is 21.5 Å². The second-order valence-corrected chi connectivity index (χ2v) is 5.10. The number of carbonyl (C=O) groups is 1. The second-order valence-electron chi connectivity index (χ2n) is 4.35. The fourth-order valence-electron chi connectivity index (χ4n) is 2.11. The van der Waals surface area contributed by atoms with E-state index < -0.39 is 5.91 Å². The lowest BCUT2D eigenvalue weighted by atomic mass is 10.0. The lowest BCUT2D eigenvalue weighted by Gasteiger charge is -2.18. The van der Waals surface area contributed by atoms with E-state index in [0.29, 0.717) is 12.1 Å². The summed E-state index contributed by atoms with van der Waals surface area (Å²) < 4.78 is 3.97. The first-order chi connectivity index (χ1) is 8.00. The first-order valence-electron chi connectivity index (χ1n) is 5.48. The predicted octanol–water partition coefficient (Wildman–Crippen LogP) is 0.0313. The summed E-state index contributed by atoms with van der Waals surface area (Å²) in [5.41, 5.74) is 11.2. The highest BCUT2D eigenvalue weighted by Crippen LogP contribution is 2.34. The molecule has 1 aliphatic rings. The number of nitrogens with two attached hydrogens (primary N) is 2. The molecule has 1 aliphatic heterocycles. The molecule has 0 radical (unpaired) electrons. The Morgan fingerprint density at radius 3 is 2.94 bits per heavy atom. The van der Waals surface area contributed by atoms with Gasteiger partial charge in [-0.1, -0.05) is 0 Å². The summed E-state index contributed by atoms with van der Waals surface area (Å²) in [4.78, 5) is 13.3. The highest BCUT2D eigenvalue weighted by atomic mass is 32.1. The molecule has 2 atom stereocenters. The monoisotopic (exact) mass is 256 g/mol. The molecule has 1 aromatic rings. The van der Waals surface area contributed by atoms with E-state index in [1.54, 1.807) is 6.92 Å². The highest BCUT2D eigenvalue weighted by molar-refractivity contribution is 7.11. The van der Waals surface area contributed by atoms with Gasteiger partial charge in [-0.15, -0.1) is 0 Å². The van der Waals surface area contributed by atoms with E-state index in [1.165, 1.54) is 11.5 Å². The Morgan fingerprint density at radius 2 is 2.41 bits per heavy atom. The zero-order valence-electron chi connectivity index (χ0n) is 9.59. The van der Waals surface area contributed by atoms with Crippen LogP contribution in [0.25, 0.3) is 0 Å². The van der Waals surface area contributed by atoms with Crippen LogP contribution in [0, 0.1) is 5.92 Å². The minimum absolute atomic E-state index is 0.193. The van der Waals surface area contributed by atoms with Crippen LogP contribution < -0.4 is 16.4 Å². The Bertz CT molecular complexity index is 432. The van der Waals surface area contributed by atoms with Gasteiger partial charge >= 0.3 is 0 Å². The summed E-state index contributed by atoms with van der Waals surface area (Å²) in [6, 6.07) is 0. The van der Waals surface area contributed by atoms with Gasteiger partial charge in [0.05, 0.1) is 6.10 Å². The zero-order valence-corrected chi connectivity index (χ0v) is 10.4. The maximum atomic E-state index is 11.3. The Hall–Kier alpha value is -1.34. The molecule has 7 heteroatoms. The number of nitrogens with zero attached hydrogens (tertiary/aromatic N) is 2. The first kappa shape index (κ1) is 12.1. The molecule has 0 saturated carbocycles. The molecule has 0 aliphatic carbocycles. The second kappa shape index (κ2) is 4.50. The molecule has 1 aromatic heterocycles. The SMILES string of the molecule is CC(O)C1CCN(c2snc(N)c2C(N)=O)C1. The molecule has 6 nitrogen and oxygen atoms in total. The van der Waals surface area contributed by atoms with E-state index in [9.17, 15) is 9.90 Å². The molecule has 2 rings (SSSR count). The summed E-state index contributed by atoms with van der Waals surface area (Å²) in [6.45, 7) is 3.28. The van der Waals surface area contributed by atoms with Gasteiger partial charge in [-0.25, -0.2) is 0 Å². The van der Waals surface area contributed by atoms with Gasteiger partial charge in [-0.3, -0.25) is 4.79 Å². The van der Waals surface area contributed by atoms with E-state index in [-0.39, 0.29) is 17.8 Å². The van der Waals surface area contributed by atoms with Crippen molar-refractivity contribution in [3.05, 3.63) is 5.56 Å². The molecule has 0 spiro atoms. The van der Waals surface area contributed by atoms with Crippen LogP contribution in [0.2, 0.25) is 0 Å². The molecular weight excluding hydrogens is 240 g/mol. The number of rotatable bonds is 3. The fraction of sp³-hybridized carbons (Fsp3) is 0.600. The molecule has 1 fully saturated rings. The minimum atomic E-state index is -0.549. The van der Waals surface area contributed by atoms with Gasteiger partial charge in [0.2, 0.25) is 0 Å². The topological polar surface area (TPSA) is 105 Å². The van der Waals surface area contributed by atoms with Crippen molar-refractivity contribution in [2.75, 3.05) is 23.7 Å². The number of nitrogen functional groups attached to an aromatic ring is 1. The summed E-state index contributed by atoms with van der Waals surface area (Å²) in [6.07, 6.45) is 0.551. The smallest absolute Gasteiger partial charge is 0.255 e. The molecule has 17 heavy (non-hydrogen) atoms. The average molecular weight is 256 g/mol.